The number of hydrogen-bond acceptors (Lipinski definition) is 3. The van der Waals surface area contributed by atoms with E-state index in [4.69, 9.17) is 4.74 Å². The Morgan fingerprint density at radius 2 is 1.67 bits per heavy atom. The Morgan fingerprint density at radius 3 is 2.42 bits per heavy atom. The Bertz CT molecular complexity index is 2070. The van der Waals surface area contributed by atoms with Crippen molar-refractivity contribution >= 4 is 60.9 Å². The zero-order chi connectivity index (χ0) is 30.8. The molecule has 226 valence electrons. The molecule has 0 atom stereocenters. The van der Waals surface area contributed by atoms with Crippen LogP contribution in [0.2, 0.25) is 0 Å². The molecule has 0 saturated heterocycles. The van der Waals surface area contributed by atoms with Crippen LogP contribution in [0.5, 0.6) is 11.5 Å². The van der Waals surface area contributed by atoms with Gasteiger partial charge in [-0.3, -0.25) is 0 Å². The summed E-state index contributed by atoms with van der Waals surface area (Å²) < 4.78 is 9.71. The van der Waals surface area contributed by atoms with E-state index in [2.05, 4.69) is 107 Å². The lowest BCUT2D eigenvalue weighted by Gasteiger charge is -2.42. The molecule has 0 amide bonds. The van der Waals surface area contributed by atoms with Crippen LogP contribution >= 0.6 is 11.3 Å². The van der Waals surface area contributed by atoms with Crippen LogP contribution in [0.15, 0.2) is 60.7 Å². The molecule has 5 aromatic rings. The van der Waals surface area contributed by atoms with E-state index in [-0.39, 0.29) is 17.5 Å². The van der Waals surface area contributed by atoms with Crippen LogP contribution in [0, 0.1) is 6.92 Å². The highest BCUT2D eigenvalue weighted by atomic mass is 32.1. The Kier molecular flexibility index (Phi) is 5.88. The number of thiophene rings is 1. The minimum absolute atomic E-state index is 0.158. The average molecular weight is 608 g/mol. The first-order valence-electron chi connectivity index (χ1n) is 17.1. The third kappa shape index (κ3) is 3.94. The summed E-state index contributed by atoms with van der Waals surface area (Å²) in [5.74, 6) is 2.04. The van der Waals surface area contributed by atoms with Gasteiger partial charge in [0.2, 0.25) is 0 Å². The molecular formula is C41H42BNOS. The third-order valence-electron chi connectivity index (χ3n) is 11.5. The second-order valence-corrected chi connectivity index (χ2v) is 16.5. The van der Waals surface area contributed by atoms with Crippen LogP contribution in [0.4, 0.5) is 17.1 Å². The first-order valence-corrected chi connectivity index (χ1v) is 17.9. The van der Waals surface area contributed by atoms with Gasteiger partial charge in [0, 0.05) is 26.2 Å². The fourth-order valence-corrected chi connectivity index (χ4v) is 10.0. The van der Waals surface area contributed by atoms with Gasteiger partial charge in [0.25, 0.3) is 6.71 Å². The number of aryl methyl sites for hydroxylation is 3. The monoisotopic (exact) mass is 607 g/mol. The first kappa shape index (κ1) is 27.8. The highest BCUT2D eigenvalue weighted by Crippen LogP contribution is 2.52. The van der Waals surface area contributed by atoms with E-state index >= 15 is 0 Å². The highest BCUT2D eigenvalue weighted by molar-refractivity contribution is 7.33. The number of rotatable bonds is 4. The summed E-state index contributed by atoms with van der Waals surface area (Å²) >= 11 is 2.03. The molecule has 0 radical (unpaired) electrons. The number of fused-ring (bicyclic) bond motifs is 8. The van der Waals surface area contributed by atoms with E-state index < -0.39 is 0 Å². The van der Waals surface area contributed by atoms with Crippen LogP contribution in [0.1, 0.15) is 93.7 Å². The minimum Gasteiger partial charge on any atom is -0.458 e. The number of nitrogens with zero attached hydrogens (tertiary/aromatic N) is 1. The lowest BCUT2D eigenvalue weighted by atomic mass is 9.36. The SMILES string of the molecule is CCCCc1ccc2c(c1)B1c3sc4cc5c(cc4c3N(c3cccc4c3CC4)c3cc(C)cc(c31)O2)C(C)(C)CCC5(C)C. The van der Waals surface area contributed by atoms with Gasteiger partial charge < -0.3 is 9.64 Å². The van der Waals surface area contributed by atoms with Gasteiger partial charge in [0.1, 0.15) is 11.5 Å². The largest absolute Gasteiger partial charge is 0.458 e. The van der Waals surface area contributed by atoms with Crippen molar-refractivity contribution in [2.45, 2.75) is 97.3 Å². The Morgan fingerprint density at radius 1 is 0.867 bits per heavy atom. The highest BCUT2D eigenvalue weighted by Gasteiger charge is 2.46. The molecule has 2 aliphatic heterocycles. The Hall–Kier alpha value is -3.50. The normalized spacial score (nSPS) is 17.9. The molecular weight excluding hydrogens is 565 g/mol. The quantitative estimate of drug-likeness (QED) is 0.185. The molecule has 0 bridgehead atoms. The Labute approximate surface area is 272 Å². The van der Waals surface area contributed by atoms with Crippen molar-refractivity contribution in [2.75, 3.05) is 4.90 Å². The van der Waals surface area contributed by atoms with Gasteiger partial charge in [-0.2, -0.15) is 0 Å². The summed E-state index contributed by atoms with van der Waals surface area (Å²) in [7, 11) is 0. The maximum Gasteiger partial charge on any atom is 0.268 e. The van der Waals surface area contributed by atoms with Gasteiger partial charge in [-0.15, -0.1) is 11.3 Å². The third-order valence-corrected chi connectivity index (χ3v) is 12.7. The predicted octanol–water partition coefficient (Wildman–Crippen LogP) is 9.41. The molecule has 4 aromatic carbocycles. The van der Waals surface area contributed by atoms with E-state index in [9.17, 15) is 0 Å². The number of benzene rings is 4. The van der Waals surface area contributed by atoms with Crippen molar-refractivity contribution in [1.82, 2.24) is 0 Å². The summed E-state index contributed by atoms with van der Waals surface area (Å²) in [6.07, 6.45) is 8.31. The van der Waals surface area contributed by atoms with Crippen molar-refractivity contribution in [1.29, 1.82) is 0 Å². The standard InChI is InChI=1S/C41H42BNOS/c1-7-8-10-25-13-16-34-31(21-25)42-37-33(19-24(2)20-35(37)44-34)43(32-12-9-11-26-14-15-27(26)32)38-28-22-29-30(23-36(28)45-39(38)42)41(5,6)18-17-40(29,3)4/h9,11-13,16,19-23H,7-8,10,14-15,17-18H2,1-6H3. The smallest absolute Gasteiger partial charge is 0.268 e. The second kappa shape index (κ2) is 9.52. The molecule has 0 saturated carbocycles. The molecule has 0 N–H and O–H groups in total. The van der Waals surface area contributed by atoms with E-state index in [1.54, 1.807) is 5.56 Å². The molecule has 9 rings (SSSR count). The first-order chi connectivity index (χ1) is 21.6. The van der Waals surface area contributed by atoms with Crippen molar-refractivity contribution in [3.8, 4) is 11.5 Å². The zero-order valence-electron chi connectivity index (χ0n) is 27.6. The van der Waals surface area contributed by atoms with E-state index in [1.807, 2.05) is 11.3 Å². The molecule has 2 aliphatic carbocycles. The molecule has 0 fully saturated rings. The van der Waals surface area contributed by atoms with Crippen LogP contribution in [-0.4, -0.2) is 6.71 Å². The predicted molar refractivity (Wildman–Crippen MR) is 194 cm³/mol. The van der Waals surface area contributed by atoms with Crippen molar-refractivity contribution < 1.29 is 4.74 Å². The molecule has 45 heavy (non-hydrogen) atoms. The van der Waals surface area contributed by atoms with Crippen LogP contribution in [0.25, 0.3) is 10.1 Å². The van der Waals surface area contributed by atoms with Gasteiger partial charge in [-0.1, -0.05) is 65.3 Å². The van der Waals surface area contributed by atoms with E-state index in [0.29, 0.717) is 0 Å². The number of anilines is 3. The summed E-state index contributed by atoms with van der Waals surface area (Å²) in [5.41, 5.74) is 15.8. The number of unbranched alkanes of at least 4 members (excludes halogenated alkanes) is 1. The maximum absolute atomic E-state index is 6.82. The topological polar surface area (TPSA) is 12.5 Å². The van der Waals surface area contributed by atoms with Gasteiger partial charge >= 0.3 is 0 Å². The average Bonchev–Trinajstić information content (AvgIpc) is 3.36. The fraction of sp³-hybridized carbons (Fsp3) is 0.366. The van der Waals surface area contributed by atoms with Crippen molar-refractivity contribution in [2.24, 2.45) is 0 Å². The van der Waals surface area contributed by atoms with Gasteiger partial charge in [-0.05, 0) is 137 Å². The molecule has 0 unspecified atom stereocenters. The van der Waals surface area contributed by atoms with Crippen LogP contribution < -0.4 is 25.3 Å². The molecule has 4 aliphatic rings. The minimum atomic E-state index is 0.158. The van der Waals surface area contributed by atoms with Crippen LogP contribution in [-0.2, 0) is 30.1 Å². The molecule has 3 heterocycles. The molecule has 4 heteroatoms. The van der Waals surface area contributed by atoms with Crippen molar-refractivity contribution in [3.63, 3.8) is 0 Å². The van der Waals surface area contributed by atoms with Crippen LogP contribution in [0.3, 0.4) is 0 Å². The van der Waals surface area contributed by atoms with Gasteiger partial charge in [0.05, 0.1) is 5.69 Å². The lowest BCUT2D eigenvalue weighted by Crippen LogP contribution is -2.58. The zero-order valence-corrected chi connectivity index (χ0v) is 28.4. The van der Waals surface area contributed by atoms with Gasteiger partial charge in [0.15, 0.2) is 0 Å². The summed E-state index contributed by atoms with van der Waals surface area (Å²) in [5, 5.41) is 1.42. The summed E-state index contributed by atoms with van der Waals surface area (Å²) in [6, 6.07) is 23.9. The fourth-order valence-electron chi connectivity index (χ4n) is 8.70. The summed E-state index contributed by atoms with van der Waals surface area (Å²) in [6.45, 7) is 14.5. The van der Waals surface area contributed by atoms with Gasteiger partial charge in [-0.25, -0.2) is 0 Å². The molecule has 1 aromatic heterocycles. The van der Waals surface area contributed by atoms with E-state index in [1.165, 1.54) is 103 Å². The number of ether oxygens (including phenoxy) is 1. The number of hydrogen-bond donors (Lipinski definition) is 0. The van der Waals surface area contributed by atoms with E-state index in [0.717, 1.165) is 24.3 Å². The Balaban J connectivity index is 1.38. The molecule has 2 nitrogen and oxygen atoms in total. The molecule has 0 spiro atoms. The maximum atomic E-state index is 6.82. The van der Waals surface area contributed by atoms with Crippen molar-refractivity contribution in [3.05, 3.63) is 94.0 Å². The second-order valence-electron chi connectivity index (χ2n) is 15.4. The lowest BCUT2D eigenvalue weighted by molar-refractivity contribution is 0.332. The summed E-state index contributed by atoms with van der Waals surface area (Å²) in [4.78, 5) is 2.65.